The van der Waals surface area contributed by atoms with Crippen LogP contribution in [-0.2, 0) is 17.7 Å². The molecular weight excluding hydrogens is 393 g/mol. The molecule has 1 aliphatic carbocycles. The van der Waals surface area contributed by atoms with Crippen molar-refractivity contribution in [1.29, 1.82) is 0 Å². The van der Waals surface area contributed by atoms with Gasteiger partial charge in [-0.05, 0) is 78.6 Å². The van der Waals surface area contributed by atoms with Crippen LogP contribution in [0.15, 0.2) is 0 Å². The molecule has 8 heteroatoms. The molecule has 0 saturated heterocycles. The Morgan fingerprint density at radius 3 is 0.654 bits per heavy atom. The lowest BCUT2D eigenvalue weighted by atomic mass is 9.90. The van der Waals surface area contributed by atoms with Gasteiger partial charge in [0.2, 0.25) is 0 Å². The maximum absolute atomic E-state index is 6.59. The first-order chi connectivity index (χ1) is 11.3. The van der Waals surface area contributed by atoms with E-state index < -0.39 is 33.3 Å². The van der Waals surface area contributed by atoms with Crippen molar-refractivity contribution in [2.45, 2.75) is 116 Å². The van der Waals surface area contributed by atoms with Crippen molar-refractivity contribution in [3.63, 3.8) is 0 Å². The highest BCUT2D eigenvalue weighted by molar-refractivity contribution is 6.71. The van der Waals surface area contributed by atoms with Crippen molar-refractivity contribution in [3.8, 4) is 0 Å². The summed E-state index contributed by atoms with van der Waals surface area (Å²) in [6, 6.07) is 0. The van der Waals surface area contributed by atoms with Gasteiger partial charge in [-0.3, -0.25) is 0 Å². The van der Waals surface area contributed by atoms with Gasteiger partial charge in [0.15, 0.2) is 33.3 Å². The molecule has 1 rings (SSSR count). The zero-order chi connectivity index (χ0) is 20.6. The summed E-state index contributed by atoms with van der Waals surface area (Å²) in [5.41, 5.74) is 0. The summed E-state index contributed by atoms with van der Waals surface area (Å²) < 4.78 is 26.4. The van der Waals surface area contributed by atoms with E-state index in [1.165, 1.54) is 0 Å². The molecular formula is C18H44O4Si4. The molecule has 4 nitrogen and oxygen atoms in total. The van der Waals surface area contributed by atoms with Crippen LogP contribution >= 0.6 is 0 Å². The summed E-state index contributed by atoms with van der Waals surface area (Å²) in [5.74, 6) is 0. The fraction of sp³-hybridized carbons (Fsp3) is 1.00. The van der Waals surface area contributed by atoms with Crippen molar-refractivity contribution in [2.24, 2.45) is 0 Å². The molecule has 0 aromatic heterocycles. The minimum absolute atomic E-state index is 0.122. The molecule has 0 amide bonds. The Morgan fingerprint density at radius 1 is 0.385 bits per heavy atom. The molecule has 0 radical (unpaired) electrons. The number of hydrogen-bond acceptors (Lipinski definition) is 4. The van der Waals surface area contributed by atoms with Crippen LogP contribution < -0.4 is 0 Å². The van der Waals surface area contributed by atoms with Gasteiger partial charge in [-0.1, -0.05) is 0 Å². The van der Waals surface area contributed by atoms with Crippen LogP contribution in [0.1, 0.15) is 12.8 Å². The minimum atomic E-state index is -1.66. The van der Waals surface area contributed by atoms with Crippen LogP contribution in [0.2, 0.25) is 78.6 Å². The van der Waals surface area contributed by atoms with E-state index in [1.54, 1.807) is 0 Å². The number of rotatable bonds is 8. The molecule has 0 N–H and O–H groups in total. The molecule has 0 aliphatic heterocycles. The number of hydrogen-bond donors (Lipinski definition) is 0. The third-order valence-corrected chi connectivity index (χ3v) is 7.82. The standard InChI is InChI=1S/C18H44O4Si4/c1-23(2,3)19-15-13-17(21-25(7,8)9)18(22-26(10,11)12)14-16(15)20-24(4,5)6/h15-18H,13-14H2,1-12H3. The summed E-state index contributed by atoms with van der Waals surface area (Å²) >= 11 is 0. The Labute approximate surface area is 166 Å². The summed E-state index contributed by atoms with van der Waals surface area (Å²) in [5, 5.41) is 0. The van der Waals surface area contributed by atoms with Crippen molar-refractivity contribution in [1.82, 2.24) is 0 Å². The van der Waals surface area contributed by atoms with Crippen molar-refractivity contribution >= 4 is 33.3 Å². The van der Waals surface area contributed by atoms with E-state index in [-0.39, 0.29) is 24.4 Å². The van der Waals surface area contributed by atoms with E-state index in [1.807, 2.05) is 0 Å². The van der Waals surface area contributed by atoms with Gasteiger partial charge < -0.3 is 17.7 Å². The van der Waals surface area contributed by atoms with Crippen LogP contribution in [-0.4, -0.2) is 57.7 Å². The summed E-state index contributed by atoms with van der Waals surface area (Å²) in [6.45, 7) is 27.1. The maximum Gasteiger partial charge on any atom is 0.184 e. The van der Waals surface area contributed by atoms with Gasteiger partial charge >= 0.3 is 0 Å². The molecule has 156 valence electrons. The quantitative estimate of drug-likeness (QED) is 0.460. The largest absolute Gasteiger partial charge is 0.412 e. The molecule has 0 spiro atoms. The average molecular weight is 437 g/mol. The topological polar surface area (TPSA) is 36.9 Å². The molecule has 1 fully saturated rings. The highest BCUT2D eigenvalue weighted by atomic mass is 28.4. The first-order valence-corrected chi connectivity index (χ1v) is 23.7. The SMILES string of the molecule is C[Si](C)(C)OC1CC(O[Si](C)(C)C)C(O[Si](C)(C)C)CC1O[Si](C)(C)C. The smallest absolute Gasteiger partial charge is 0.184 e. The second-order valence-corrected chi connectivity index (χ2v) is 29.4. The van der Waals surface area contributed by atoms with Gasteiger partial charge in [-0.2, -0.15) is 0 Å². The molecule has 4 unspecified atom stereocenters. The van der Waals surface area contributed by atoms with E-state index in [0.717, 1.165) is 12.8 Å². The highest BCUT2D eigenvalue weighted by Gasteiger charge is 2.45. The van der Waals surface area contributed by atoms with Gasteiger partial charge in [0.1, 0.15) is 0 Å². The molecule has 0 heterocycles. The maximum atomic E-state index is 6.59. The normalized spacial score (nSPS) is 29.1. The predicted molar refractivity (Wildman–Crippen MR) is 122 cm³/mol. The second kappa shape index (κ2) is 8.60. The fourth-order valence-corrected chi connectivity index (χ4v) is 8.00. The monoisotopic (exact) mass is 436 g/mol. The summed E-state index contributed by atoms with van der Waals surface area (Å²) in [4.78, 5) is 0. The molecule has 0 aromatic rings. The van der Waals surface area contributed by atoms with Crippen LogP contribution in [0, 0.1) is 0 Å². The molecule has 1 aliphatic rings. The lowest BCUT2D eigenvalue weighted by Crippen LogP contribution is -2.57. The minimum Gasteiger partial charge on any atom is -0.412 e. The summed E-state index contributed by atoms with van der Waals surface area (Å²) in [6.07, 6.45) is 2.26. The second-order valence-electron chi connectivity index (χ2n) is 11.5. The van der Waals surface area contributed by atoms with Crippen molar-refractivity contribution in [3.05, 3.63) is 0 Å². The van der Waals surface area contributed by atoms with Gasteiger partial charge in [0, 0.05) is 12.8 Å². The third kappa shape index (κ3) is 10.3. The Hall–Kier alpha value is 0.708. The van der Waals surface area contributed by atoms with E-state index in [0.29, 0.717) is 0 Å². The summed E-state index contributed by atoms with van der Waals surface area (Å²) in [7, 11) is -6.64. The van der Waals surface area contributed by atoms with Crippen molar-refractivity contribution in [2.75, 3.05) is 0 Å². The zero-order valence-corrected chi connectivity index (χ0v) is 23.4. The third-order valence-electron chi connectivity index (χ3n) is 3.78. The van der Waals surface area contributed by atoms with Crippen molar-refractivity contribution < 1.29 is 17.7 Å². The van der Waals surface area contributed by atoms with Crippen LogP contribution in [0.5, 0.6) is 0 Å². The van der Waals surface area contributed by atoms with Gasteiger partial charge in [-0.15, -0.1) is 0 Å². The lowest BCUT2D eigenvalue weighted by molar-refractivity contribution is -0.0833. The average Bonchev–Trinajstić information content (AvgIpc) is 2.26. The molecule has 1 saturated carbocycles. The Kier molecular flexibility index (Phi) is 8.19. The van der Waals surface area contributed by atoms with E-state index in [4.69, 9.17) is 17.7 Å². The zero-order valence-electron chi connectivity index (χ0n) is 19.4. The Bertz CT molecular complexity index is 364. The molecule has 0 aromatic carbocycles. The molecule has 4 atom stereocenters. The Morgan fingerprint density at radius 2 is 0.538 bits per heavy atom. The van der Waals surface area contributed by atoms with E-state index in [2.05, 4.69) is 78.6 Å². The first-order valence-electron chi connectivity index (χ1n) is 10.1. The fourth-order valence-electron chi connectivity index (χ4n) is 3.38. The van der Waals surface area contributed by atoms with Crippen LogP contribution in [0.25, 0.3) is 0 Å². The lowest BCUT2D eigenvalue weighted by Gasteiger charge is -2.47. The van der Waals surface area contributed by atoms with Gasteiger partial charge in [0.25, 0.3) is 0 Å². The predicted octanol–water partition coefficient (Wildman–Crippen LogP) is 5.66. The van der Waals surface area contributed by atoms with E-state index in [9.17, 15) is 0 Å². The van der Waals surface area contributed by atoms with Gasteiger partial charge in [0.05, 0.1) is 24.4 Å². The molecule has 26 heavy (non-hydrogen) atoms. The highest BCUT2D eigenvalue weighted by Crippen LogP contribution is 2.34. The van der Waals surface area contributed by atoms with E-state index >= 15 is 0 Å². The van der Waals surface area contributed by atoms with Crippen LogP contribution in [0.4, 0.5) is 0 Å². The first kappa shape index (κ1) is 24.7. The van der Waals surface area contributed by atoms with Crippen LogP contribution in [0.3, 0.4) is 0 Å². The Balaban J connectivity index is 3.09. The van der Waals surface area contributed by atoms with Gasteiger partial charge in [-0.25, -0.2) is 0 Å². The molecule has 0 bridgehead atoms.